The summed E-state index contributed by atoms with van der Waals surface area (Å²) in [6.07, 6.45) is -5.00. The topological polar surface area (TPSA) is 95.7 Å². The summed E-state index contributed by atoms with van der Waals surface area (Å²) in [5.41, 5.74) is 7.40. The molecule has 33 heavy (non-hydrogen) atoms. The van der Waals surface area contributed by atoms with Crippen LogP contribution in [-0.2, 0) is 17.9 Å². The maximum atomic E-state index is 13.8. The van der Waals surface area contributed by atoms with E-state index < -0.39 is 23.8 Å². The molecule has 0 fully saturated rings. The van der Waals surface area contributed by atoms with Crippen molar-refractivity contribution in [2.45, 2.75) is 19.5 Å². The van der Waals surface area contributed by atoms with Gasteiger partial charge >= 0.3 is 6.36 Å². The van der Waals surface area contributed by atoms with E-state index in [2.05, 4.69) is 15.0 Å². The van der Waals surface area contributed by atoms with Gasteiger partial charge in [0, 0.05) is 19.7 Å². The van der Waals surface area contributed by atoms with Crippen LogP contribution in [0.1, 0.15) is 21.6 Å². The molecule has 3 aromatic rings. The fourth-order valence-electron chi connectivity index (χ4n) is 2.78. The number of alkyl halides is 3. The average molecular weight is 465 g/mol. The number of methoxy groups -OCH3 is 1. The number of carbonyl (C=O) groups excluding carboxylic acids is 1. The van der Waals surface area contributed by atoms with Crippen LogP contribution in [0.2, 0.25) is 0 Å². The smallest absolute Gasteiger partial charge is 0.457 e. The Morgan fingerprint density at radius 3 is 2.36 bits per heavy atom. The first-order chi connectivity index (χ1) is 15.6. The number of anilines is 1. The van der Waals surface area contributed by atoms with Crippen LogP contribution in [0.5, 0.6) is 17.2 Å². The molecule has 11 heteroatoms. The zero-order chi connectivity index (χ0) is 24.0. The Morgan fingerprint density at radius 1 is 1.06 bits per heavy atom. The fourth-order valence-corrected chi connectivity index (χ4v) is 2.78. The monoisotopic (exact) mass is 465 g/mol. The Bertz CT molecular complexity index is 1120. The van der Waals surface area contributed by atoms with Crippen molar-refractivity contribution in [1.29, 1.82) is 0 Å². The van der Waals surface area contributed by atoms with E-state index in [1.54, 1.807) is 36.4 Å². The summed E-state index contributed by atoms with van der Waals surface area (Å²) >= 11 is 0. The van der Waals surface area contributed by atoms with E-state index in [1.165, 1.54) is 7.11 Å². The third-order valence-electron chi connectivity index (χ3n) is 4.26. The van der Waals surface area contributed by atoms with Crippen molar-refractivity contribution in [3.05, 3.63) is 77.2 Å². The maximum Gasteiger partial charge on any atom is 0.573 e. The molecule has 174 valence electrons. The summed E-state index contributed by atoms with van der Waals surface area (Å²) in [5.74, 6) is -2.18. The highest BCUT2D eigenvalue weighted by molar-refractivity contribution is 5.98. The molecule has 0 radical (unpaired) electrons. The van der Waals surface area contributed by atoms with Crippen molar-refractivity contribution < 1.29 is 36.6 Å². The lowest BCUT2D eigenvalue weighted by Crippen LogP contribution is -2.24. The van der Waals surface area contributed by atoms with Gasteiger partial charge in [-0.3, -0.25) is 4.79 Å². The average Bonchev–Trinajstić information content (AvgIpc) is 2.74. The van der Waals surface area contributed by atoms with Gasteiger partial charge in [-0.2, -0.15) is 0 Å². The number of rotatable bonds is 8. The minimum atomic E-state index is -5.00. The maximum absolute atomic E-state index is 13.8. The number of nitrogens with two attached hydrogens (primary N) is 1. The zero-order valence-electron chi connectivity index (χ0n) is 17.3. The van der Waals surface area contributed by atoms with Gasteiger partial charge < -0.3 is 25.3 Å². The van der Waals surface area contributed by atoms with E-state index in [1.807, 2.05) is 0 Å². The van der Waals surface area contributed by atoms with Gasteiger partial charge in [-0.05, 0) is 42.0 Å². The van der Waals surface area contributed by atoms with Gasteiger partial charge in [0.05, 0.1) is 17.9 Å². The van der Waals surface area contributed by atoms with Crippen LogP contribution in [0, 0.1) is 5.82 Å². The number of aromatic nitrogens is 1. The quantitative estimate of drug-likeness (QED) is 0.473. The minimum Gasteiger partial charge on any atom is -0.457 e. The molecule has 1 amide bonds. The summed E-state index contributed by atoms with van der Waals surface area (Å²) < 4.78 is 64.4. The molecular formula is C22H19F4N3O4. The highest BCUT2D eigenvalue weighted by Crippen LogP contribution is 2.30. The zero-order valence-corrected chi connectivity index (χ0v) is 17.3. The molecule has 1 heterocycles. The Labute approximate surface area is 186 Å². The van der Waals surface area contributed by atoms with E-state index in [-0.39, 0.29) is 30.3 Å². The predicted molar refractivity (Wildman–Crippen MR) is 110 cm³/mol. The molecule has 1 aromatic heterocycles. The summed E-state index contributed by atoms with van der Waals surface area (Å²) in [6.45, 7) is 0.467. The second-order valence-corrected chi connectivity index (χ2v) is 6.74. The van der Waals surface area contributed by atoms with Gasteiger partial charge in [0.1, 0.15) is 17.3 Å². The summed E-state index contributed by atoms with van der Waals surface area (Å²) in [7, 11) is 1.52. The summed E-state index contributed by atoms with van der Waals surface area (Å²) in [6, 6.07) is 12.4. The van der Waals surface area contributed by atoms with E-state index in [9.17, 15) is 22.4 Å². The largest absolute Gasteiger partial charge is 0.573 e. The Morgan fingerprint density at radius 2 is 1.76 bits per heavy atom. The van der Waals surface area contributed by atoms with Crippen LogP contribution >= 0.6 is 0 Å². The van der Waals surface area contributed by atoms with Gasteiger partial charge in [-0.15, -0.1) is 13.2 Å². The molecular weight excluding hydrogens is 446 g/mol. The molecule has 0 spiro atoms. The third-order valence-corrected chi connectivity index (χ3v) is 4.26. The number of halogens is 4. The number of amides is 1. The number of pyridine rings is 1. The van der Waals surface area contributed by atoms with Gasteiger partial charge in [0.25, 0.3) is 5.91 Å². The lowest BCUT2D eigenvalue weighted by atomic mass is 10.2. The minimum absolute atomic E-state index is 0.0111. The second kappa shape index (κ2) is 10.2. The molecule has 2 aromatic carbocycles. The first kappa shape index (κ1) is 23.8. The Balaban J connectivity index is 1.57. The van der Waals surface area contributed by atoms with Crippen molar-refractivity contribution in [3.8, 4) is 17.2 Å². The normalized spacial score (nSPS) is 11.2. The van der Waals surface area contributed by atoms with Crippen molar-refractivity contribution >= 4 is 11.7 Å². The molecule has 0 saturated heterocycles. The van der Waals surface area contributed by atoms with Crippen LogP contribution in [0.15, 0.2) is 54.6 Å². The predicted octanol–water partition coefficient (Wildman–Crippen LogP) is 4.57. The molecule has 0 aliphatic heterocycles. The first-order valence-electron chi connectivity index (χ1n) is 9.49. The van der Waals surface area contributed by atoms with Gasteiger partial charge in [-0.1, -0.05) is 12.1 Å². The first-order valence-corrected chi connectivity index (χ1v) is 9.49. The third kappa shape index (κ3) is 6.81. The van der Waals surface area contributed by atoms with Crippen LogP contribution in [0.4, 0.5) is 23.4 Å². The van der Waals surface area contributed by atoms with Gasteiger partial charge in [0.2, 0.25) is 0 Å². The fraction of sp³-hybridized carbons (Fsp3) is 0.182. The Hall–Kier alpha value is -3.86. The molecule has 7 nitrogen and oxygen atoms in total. The molecule has 0 aliphatic rings. The van der Waals surface area contributed by atoms with Crippen LogP contribution in [0.3, 0.4) is 0 Å². The number of nitrogen functional groups attached to an aromatic ring is 1. The SMILES string of the molecule is COCc1ccc(C(=O)NCc2ccc(Oc3ccc(OC(F)(F)F)c(F)c3)cc2)c(N)n1. The van der Waals surface area contributed by atoms with E-state index in [4.69, 9.17) is 15.2 Å². The van der Waals surface area contributed by atoms with Crippen molar-refractivity contribution in [2.75, 3.05) is 12.8 Å². The molecule has 3 N–H and O–H groups in total. The van der Waals surface area contributed by atoms with E-state index >= 15 is 0 Å². The Kier molecular flexibility index (Phi) is 7.34. The lowest BCUT2D eigenvalue weighted by Gasteiger charge is -2.12. The van der Waals surface area contributed by atoms with Crippen molar-refractivity contribution in [3.63, 3.8) is 0 Å². The number of benzene rings is 2. The molecule has 0 unspecified atom stereocenters. The number of ether oxygens (including phenoxy) is 3. The van der Waals surface area contributed by atoms with Crippen LogP contribution < -0.4 is 20.5 Å². The molecule has 3 rings (SSSR count). The molecule has 0 bridgehead atoms. The van der Waals surface area contributed by atoms with Gasteiger partial charge in [-0.25, -0.2) is 9.37 Å². The van der Waals surface area contributed by atoms with Crippen molar-refractivity contribution in [2.24, 2.45) is 0 Å². The number of hydrogen-bond donors (Lipinski definition) is 2. The number of carbonyl (C=O) groups is 1. The molecule has 0 atom stereocenters. The number of hydrogen-bond acceptors (Lipinski definition) is 6. The summed E-state index contributed by atoms with van der Waals surface area (Å²) in [4.78, 5) is 16.5. The molecule has 0 saturated carbocycles. The van der Waals surface area contributed by atoms with Crippen LogP contribution in [0.25, 0.3) is 0 Å². The standard InChI is InChI=1S/C22H19F4N3O4/c1-31-12-14-4-8-17(20(27)29-14)21(30)28-11-13-2-5-15(6-3-13)32-16-7-9-19(18(23)10-16)33-22(24,25)26/h2-10H,11-12H2,1H3,(H2,27,29)(H,28,30). The van der Waals surface area contributed by atoms with E-state index in [0.29, 0.717) is 11.4 Å². The second-order valence-electron chi connectivity index (χ2n) is 6.74. The lowest BCUT2D eigenvalue weighted by molar-refractivity contribution is -0.275. The summed E-state index contributed by atoms with van der Waals surface area (Å²) in [5, 5.41) is 2.72. The van der Waals surface area contributed by atoms with Gasteiger partial charge in [0.15, 0.2) is 11.6 Å². The number of nitrogens with one attached hydrogen (secondary N) is 1. The van der Waals surface area contributed by atoms with E-state index in [0.717, 1.165) is 23.8 Å². The van der Waals surface area contributed by atoms with Crippen molar-refractivity contribution in [1.82, 2.24) is 10.3 Å². The van der Waals surface area contributed by atoms with Crippen LogP contribution in [-0.4, -0.2) is 24.4 Å². The molecule has 0 aliphatic carbocycles. The highest BCUT2D eigenvalue weighted by Gasteiger charge is 2.32. The highest BCUT2D eigenvalue weighted by atomic mass is 19.4. The number of nitrogens with zero attached hydrogens (tertiary/aromatic N) is 1.